The van der Waals surface area contributed by atoms with Gasteiger partial charge in [-0.2, -0.15) is 15.4 Å². The van der Waals surface area contributed by atoms with E-state index in [1.54, 1.807) is 0 Å². The first-order valence-electron chi connectivity index (χ1n) is 3.70. The number of H-pyrrole nitrogens is 1. The number of benzene rings is 1. The Kier molecular flexibility index (Phi) is 3.03. The van der Waals surface area contributed by atoms with Gasteiger partial charge in [-0.15, -0.1) is 0 Å². The molecule has 0 bridgehead atoms. The van der Waals surface area contributed by atoms with Crippen LogP contribution in [-0.4, -0.2) is 15.4 Å². The summed E-state index contributed by atoms with van der Waals surface area (Å²) in [4.78, 5) is 0. The summed E-state index contributed by atoms with van der Waals surface area (Å²) >= 11 is 0. The van der Waals surface area contributed by atoms with Gasteiger partial charge in [0.1, 0.15) is 11.0 Å². The molecular formula is C8H9AgN3. The van der Waals surface area contributed by atoms with Gasteiger partial charge in [0.25, 0.3) is 0 Å². The molecule has 0 aliphatic heterocycles. The van der Waals surface area contributed by atoms with Crippen LogP contribution in [0.3, 0.4) is 0 Å². The molecule has 12 heavy (non-hydrogen) atoms. The fourth-order valence-electron chi connectivity index (χ4n) is 1.21. The van der Waals surface area contributed by atoms with Crippen LogP contribution in [0.1, 0.15) is 12.5 Å². The van der Waals surface area contributed by atoms with Crippen LogP contribution in [0.15, 0.2) is 18.2 Å². The average Bonchev–Trinajstić information content (AvgIpc) is 2.50. The zero-order valence-electron chi connectivity index (χ0n) is 6.64. The van der Waals surface area contributed by atoms with Crippen molar-refractivity contribution in [2.24, 2.45) is 0 Å². The first-order chi connectivity index (χ1) is 5.42. The van der Waals surface area contributed by atoms with Crippen LogP contribution in [0.2, 0.25) is 0 Å². The second-order valence-electron chi connectivity index (χ2n) is 2.46. The molecule has 67 valence electrons. The standard InChI is InChI=1S/C8H9N3.Ag/c1-2-6-4-3-5-7-8(6)10-11-9-7;/h3-5H,2H2,1H3,(H,9,10,11);. The van der Waals surface area contributed by atoms with Crippen molar-refractivity contribution in [3.63, 3.8) is 0 Å². The summed E-state index contributed by atoms with van der Waals surface area (Å²) in [5, 5.41) is 10.7. The predicted molar refractivity (Wildman–Crippen MR) is 43.3 cm³/mol. The van der Waals surface area contributed by atoms with Crippen LogP contribution < -0.4 is 0 Å². The number of para-hydroxylation sites is 1. The van der Waals surface area contributed by atoms with Crippen molar-refractivity contribution >= 4 is 11.0 Å². The summed E-state index contributed by atoms with van der Waals surface area (Å²) in [7, 11) is 0. The van der Waals surface area contributed by atoms with Crippen LogP contribution in [0, 0.1) is 0 Å². The minimum Gasteiger partial charge on any atom is -0.197 e. The Morgan fingerprint density at radius 2 is 2.17 bits per heavy atom. The molecule has 2 aromatic rings. The number of fused-ring (bicyclic) bond motifs is 1. The van der Waals surface area contributed by atoms with E-state index in [4.69, 9.17) is 0 Å². The SMILES string of the molecule is CCc1cccc2n[nH]nc12.[Ag]. The van der Waals surface area contributed by atoms with Gasteiger partial charge < -0.3 is 0 Å². The largest absolute Gasteiger partial charge is 0.197 e. The quantitative estimate of drug-likeness (QED) is 0.785. The van der Waals surface area contributed by atoms with E-state index in [0.29, 0.717) is 0 Å². The Hall–Kier alpha value is -0.640. The normalized spacial score (nSPS) is 9.75. The van der Waals surface area contributed by atoms with Crippen molar-refractivity contribution in [1.29, 1.82) is 0 Å². The van der Waals surface area contributed by atoms with Gasteiger partial charge in [0.15, 0.2) is 0 Å². The van der Waals surface area contributed by atoms with Gasteiger partial charge in [-0.3, -0.25) is 0 Å². The van der Waals surface area contributed by atoms with Gasteiger partial charge in [-0.1, -0.05) is 19.1 Å². The number of nitrogens with zero attached hydrogens (tertiary/aromatic N) is 2. The fraction of sp³-hybridized carbons (Fsp3) is 0.250. The third-order valence-electron chi connectivity index (χ3n) is 1.81. The number of aromatic amines is 1. The molecule has 3 nitrogen and oxygen atoms in total. The zero-order valence-corrected chi connectivity index (χ0v) is 8.12. The molecule has 0 aliphatic rings. The van der Waals surface area contributed by atoms with Gasteiger partial charge in [0, 0.05) is 22.4 Å². The van der Waals surface area contributed by atoms with E-state index >= 15 is 0 Å². The maximum atomic E-state index is 4.05. The topological polar surface area (TPSA) is 41.6 Å². The molecule has 0 aliphatic carbocycles. The number of hydrogen-bond acceptors (Lipinski definition) is 2. The maximum absolute atomic E-state index is 4.05. The minimum atomic E-state index is 0. The number of rotatable bonds is 1. The summed E-state index contributed by atoms with van der Waals surface area (Å²) in [6.07, 6.45) is 1.00. The van der Waals surface area contributed by atoms with Crippen molar-refractivity contribution in [2.45, 2.75) is 13.3 Å². The monoisotopic (exact) mass is 254 g/mol. The average molecular weight is 255 g/mol. The van der Waals surface area contributed by atoms with Crippen molar-refractivity contribution < 1.29 is 22.4 Å². The number of aryl methyl sites for hydroxylation is 1. The van der Waals surface area contributed by atoms with Crippen LogP contribution in [0.25, 0.3) is 11.0 Å². The van der Waals surface area contributed by atoms with Crippen molar-refractivity contribution in [1.82, 2.24) is 15.4 Å². The van der Waals surface area contributed by atoms with Crippen molar-refractivity contribution in [3.05, 3.63) is 23.8 Å². The Bertz CT molecular complexity index is 369. The smallest absolute Gasteiger partial charge is 0.116 e. The molecule has 1 aromatic heterocycles. The van der Waals surface area contributed by atoms with Gasteiger partial charge in [-0.25, -0.2) is 0 Å². The van der Waals surface area contributed by atoms with Crippen LogP contribution in [0.4, 0.5) is 0 Å². The van der Waals surface area contributed by atoms with Crippen molar-refractivity contribution in [3.8, 4) is 0 Å². The number of hydrogen-bond donors (Lipinski definition) is 1. The molecule has 1 heterocycles. The first kappa shape index (κ1) is 9.45. The van der Waals surface area contributed by atoms with Gasteiger partial charge in [0.05, 0.1) is 0 Å². The predicted octanol–water partition coefficient (Wildman–Crippen LogP) is 1.52. The molecule has 1 N–H and O–H groups in total. The third-order valence-corrected chi connectivity index (χ3v) is 1.81. The Morgan fingerprint density at radius 3 is 2.92 bits per heavy atom. The maximum Gasteiger partial charge on any atom is 0.116 e. The summed E-state index contributed by atoms with van der Waals surface area (Å²) in [6, 6.07) is 6.03. The molecular weight excluding hydrogens is 246 g/mol. The number of nitrogens with one attached hydrogen (secondary N) is 1. The third kappa shape index (κ3) is 1.43. The Balaban J connectivity index is 0.000000720. The van der Waals surface area contributed by atoms with E-state index in [-0.39, 0.29) is 22.4 Å². The molecule has 0 saturated heterocycles. The van der Waals surface area contributed by atoms with E-state index in [9.17, 15) is 0 Å². The van der Waals surface area contributed by atoms with E-state index in [1.165, 1.54) is 5.56 Å². The van der Waals surface area contributed by atoms with Crippen LogP contribution in [-0.2, 0) is 28.8 Å². The molecule has 0 spiro atoms. The van der Waals surface area contributed by atoms with Gasteiger partial charge in [0.2, 0.25) is 0 Å². The van der Waals surface area contributed by atoms with E-state index in [0.717, 1.165) is 17.5 Å². The molecule has 0 amide bonds. The second kappa shape index (κ2) is 3.85. The molecule has 1 radical (unpaired) electrons. The van der Waals surface area contributed by atoms with Crippen molar-refractivity contribution in [2.75, 3.05) is 0 Å². The zero-order chi connectivity index (χ0) is 7.68. The Labute approximate surface area is 86.1 Å². The van der Waals surface area contributed by atoms with Gasteiger partial charge >= 0.3 is 0 Å². The second-order valence-corrected chi connectivity index (χ2v) is 2.46. The summed E-state index contributed by atoms with van der Waals surface area (Å²) < 4.78 is 0. The van der Waals surface area contributed by atoms with Crippen LogP contribution in [0.5, 0.6) is 0 Å². The summed E-state index contributed by atoms with van der Waals surface area (Å²) in [6.45, 7) is 2.11. The van der Waals surface area contributed by atoms with E-state index < -0.39 is 0 Å². The molecule has 2 rings (SSSR count). The fourth-order valence-corrected chi connectivity index (χ4v) is 1.21. The summed E-state index contributed by atoms with van der Waals surface area (Å²) in [5.41, 5.74) is 3.19. The first-order valence-corrected chi connectivity index (χ1v) is 3.70. The minimum absolute atomic E-state index is 0. The molecule has 4 heteroatoms. The molecule has 0 fully saturated rings. The molecule has 0 atom stereocenters. The van der Waals surface area contributed by atoms with E-state index in [1.807, 2.05) is 12.1 Å². The molecule has 1 aromatic carbocycles. The number of aromatic nitrogens is 3. The van der Waals surface area contributed by atoms with Gasteiger partial charge in [-0.05, 0) is 18.1 Å². The molecule has 0 unspecified atom stereocenters. The Morgan fingerprint density at radius 1 is 1.33 bits per heavy atom. The van der Waals surface area contributed by atoms with E-state index in [2.05, 4.69) is 28.4 Å². The van der Waals surface area contributed by atoms with Crippen LogP contribution >= 0.6 is 0 Å². The molecule has 0 saturated carbocycles. The summed E-state index contributed by atoms with van der Waals surface area (Å²) in [5.74, 6) is 0.